The number of carbonyl (C=O) groups excluding carboxylic acids is 4. The highest BCUT2D eigenvalue weighted by atomic mass is 16.4. The Bertz CT molecular complexity index is 1470. The Morgan fingerprint density at radius 1 is 0.864 bits per heavy atom. The first kappa shape index (κ1) is 33.6. The number of H-pyrrole nitrogens is 1. The molecule has 5 atom stereocenters. The number of primary amides is 1. The molecule has 3 rings (SSSR count). The van der Waals surface area contributed by atoms with E-state index >= 15 is 0 Å². The number of hydrogen-bond donors (Lipinski definition) is 8. The van der Waals surface area contributed by atoms with Crippen molar-refractivity contribution in [1.82, 2.24) is 20.9 Å². The number of aromatic amines is 1. The molecule has 4 amide bonds. The Balaban J connectivity index is 1.84. The SMILES string of the molecule is CCC(C)C(N)C(=O)NC(CCC(N)=O)C(=O)NC(Cc1ccc(O)cc1)C(=O)NC(Cc1c[nH]c2ccccc12)C(=O)O. The van der Waals surface area contributed by atoms with E-state index < -0.39 is 53.8 Å². The molecule has 0 fully saturated rings. The van der Waals surface area contributed by atoms with Crippen LogP contribution in [0.4, 0.5) is 0 Å². The standard InChI is InChI=1S/C31H40N6O7/c1-3-17(2)27(33)30(42)35-23(12-13-26(32)39)28(40)36-24(14-18-8-10-20(38)11-9-18)29(41)37-25(31(43)44)15-19-16-34-22-7-5-4-6-21(19)22/h4-11,16-17,23-25,27,34,38H,3,12-15,33H2,1-2H3,(H2,32,39)(H,35,42)(H,36,40)(H,37,41)(H,43,44). The number of benzene rings is 2. The van der Waals surface area contributed by atoms with Crippen LogP contribution in [0.2, 0.25) is 0 Å². The van der Waals surface area contributed by atoms with Gasteiger partial charge in [-0.3, -0.25) is 19.2 Å². The predicted octanol–water partition coefficient (Wildman–Crippen LogP) is 0.837. The number of nitrogens with two attached hydrogens (primary N) is 2. The van der Waals surface area contributed by atoms with E-state index in [-0.39, 0.29) is 37.4 Å². The number of para-hydroxylation sites is 1. The number of amides is 4. The van der Waals surface area contributed by atoms with E-state index in [4.69, 9.17) is 11.5 Å². The lowest BCUT2D eigenvalue weighted by atomic mass is 9.98. The van der Waals surface area contributed by atoms with Gasteiger partial charge in [-0.1, -0.05) is 50.6 Å². The topological polar surface area (TPSA) is 230 Å². The van der Waals surface area contributed by atoms with Crippen molar-refractivity contribution in [3.63, 3.8) is 0 Å². The second-order valence-electron chi connectivity index (χ2n) is 10.9. The van der Waals surface area contributed by atoms with E-state index in [1.807, 2.05) is 31.2 Å². The Hall–Kier alpha value is -4.91. The van der Waals surface area contributed by atoms with Gasteiger partial charge in [-0.25, -0.2) is 4.79 Å². The van der Waals surface area contributed by atoms with Gasteiger partial charge >= 0.3 is 5.97 Å². The molecule has 0 aliphatic heterocycles. The van der Waals surface area contributed by atoms with Crippen LogP contribution in [0.1, 0.15) is 44.2 Å². The van der Waals surface area contributed by atoms with Crippen molar-refractivity contribution >= 4 is 40.5 Å². The van der Waals surface area contributed by atoms with E-state index in [9.17, 15) is 34.2 Å². The first-order valence-corrected chi connectivity index (χ1v) is 14.4. The van der Waals surface area contributed by atoms with Crippen LogP contribution in [-0.4, -0.2) is 69.0 Å². The molecule has 0 spiro atoms. The zero-order valence-electron chi connectivity index (χ0n) is 24.7. The zero-order valence-corrected chi connectivity index (χ0v) is 24.7. The van der Waals surface area contributed by atoms with Gasteiger partial charge in [0.2, 0.25) is 23.6 Å². The normalized spacial score (nSPS) is 14.5. The largest absolute Gasteiger partial charge is 0.508 e. The number of phenolic OH excluding ortho intramolecular Hbond substituents is 1. The molecule has 0 saturated heterocycles. The smallest absolute Gasteiger partial charge is 0.326 e. The molecule has 3 aromatic rings. The lowest BCUT2D eigenvalue weighted by molar-refractivity contribution is -0.142. The number of aliphatic carboxylic acids is 1. The average molecular weight is 609 g/mol. The fourth-order valence-corrected chi connectivity index (χ4v) is 4.68. The maximum absolute atomic E-state index is 13.6. The molecule has 0 saturated carbocycles. The first-order valence-electron chi connectivity index (χ1n) is 14.4. The molecule has 13 heteroatoms. The molecule has 236 valence electrons. The Morgan fingerprint density at radius 2 is 1.48 bits per heavy atom. The first-order chi connectivity index (χ1) is 20.9. The molecule has 2 aromatic carbocycles. The lowest BCUT2D eigenvalue weighted by Gasteiger charge is -2.26. The van der Waals surface area contributed by atoms with Gasteiger partial charge in [0.1, 0.15) is 23.9 Å². The number of hydrogen-bond acceptors (Lipinski definition) is 7. The number of carboxylic acid groups (broad SMARTS) is 1. The summed E-state index contributed by atoms with van der Waals surface area (Å²) in [5.74, 6) is -4.32. The van der Waals surface area contributed by atoms with Crippen LogP contribution in [-0.2, 0) is 36.8 Å². The second kappa shape index (κ2) is 15.5. The highest BCUT2D eigenvalue weighted by Crippen LogP contribution is 2.19. The molecule has 5 unspecified atom stereocenters. The predicted molar refractivity (Wildman–Crippen MR) is 163 cm³/mol. The van der Waals surface area contributed by atoms with Gasteiger partial charge in [0.15, 0.2) is 0 Å². The van der Waals surface area contributed by atoms with Crippen molar-refractivity contribution in [1.29, 1.82) is 0 Å². The number of fused-ring (bicyclic) bond motifs is 1. The molecule has 0 radical (unpaired) electrons. The Labute approximate surface area is 254 Å². The second-order valence-corrected chi connectivity index (χ2v) is 10.9. The molecule has 10 N–H and O–H groups in total. The van der Waals surface area contributed by atoms with E-state index in [1.54, 1.807) is 25.3 Å². The number of nitrogens with one attached hydrogen (secondary N) is 4. The maximum Gasteiger partial charge on any atom is 0.326 e. The number of phenols is 1. The zero-order chi connectivity index (χ0) is 32.4. The number of aromatic nitrogens is 1. The number of carboxylic acids is 1. The van der Waals surface area contributed by atoms with Crippen LogP contribution in [0, 0.1) is 5.92 Å². The molecule has 0 bridgehead atoms. The van der Waals surface area contributed by atoms with Gasteiger partial charge in [-0.2, -0.15) is 0 Å². The Morgan fingerprint density at radius 3 is 2.11 bits per heavy atom. The third kappa shape index (κ3) is 9.30. The molecule has 0 aliphatic carbocycles. The average Bonchev–Trinajstić information content (AvgIpc) is 3.41. The van der Waals surface area contributed by atoms with Crippen LogP contribution in [0.5, 0.6) is 5.75 Å². The summed E-state index contributed by atoms with van der Waals surface area (Å²) < 4.78 is 0. The minimum absolute atomic E-state index is 0.00432. The summed E-state index contributed by atoms with van der Waals surface area (Å²) >= 11 is 0. The van der Waals surface area contributed by atoms with Crippen molar-refractivity contribution in [3.8, 4) is 5.75 Å². The van der Waals surface area contributed by atoms with Gasteiger partial charge in [0.25, 0.3) is 0 Å². The summed E-state index contributed by atoms with van der Waals surface area (Å²) in [6, 6.07) is 8.50. The quantitative estimate of drug-likeness (QED) is 0.116. The van der Waals surface area contributed by atoms with Crippen LogP contribution < -0.4 is 27.4 Å². The van der Waals surface area contributed by atoms with Crippen molar-refractivity contribution in [3.05, 3.63) is 65.9 Å². The highest BCUT2D eigenvalue weighted by Gasteiger charge is 2.31. The number of rotatable bonds is 16. The highest BCUT2D eigenvalue weighted by molar-refractivity contribution is 5.95. The lowest BCUT2D eigenvalue weighted by Crippen LogP contribution is -2.58. The molecule has 44 heavy (non-hydrogen) atoms. The van der Waals surface area contributed by atoms with Crippen molar-refractivity contribution in [2.45, 2.75) is 70.1 Å². The van der Waals surface area contributed by atoms with E-state index in [0.29, 0.717) is 17.5 Å². The van der Waals surface area contributed by atoms with Crippen molar-refractivity contribution in [2.75, 3.05) is 0 Å². The molecule has 1 aromatic heterocycles. The van der Waals surface area contributed by atoms with Gasteiger partial charge in [-0.05, 0) is 41.7 Å². The maximum atomic E-state index is 13.6. The number of aromatic hydroxyl groups is 1. The van der Waals surface area contributed by atoms with Gasteiger partial charge in [0.05, 0.1) is 6.04 Å². The van der Waals surface area contributed by atoms with Crippen molar-refractivity contribution in [2.24, 2.45) is 17.4 Å². The minimum atomic E-state index is -1.33. The van der Waals surface area contributed by atoms with Crippen LogP contribution in [0.3, 0.4) is 0 Å². The van der Waals surface area contributed by atoms with Crippen LogP contribution in [0.15, 0.2) is 54.7 Å². The van der Waals surface area contributed by atoms with E-state index in [2.05, 4.69) is 20.9 Å². The third-order valence-electron chi connectivity index (χ3n) is 7.59. The van der Waals surface area contributed by atoms with Gasteiger partial charge in [-0.15, -0.1) is 0 Å². The van der Waals surface area contributed by atoms with Crippen molar-refractivity contribution < 1.29 is 34.2 Å². The summed E-state index contributed by atoms with van der Waals surface area (Å²) in [5, 5.41) is 28.1. The fraction of sp³-hybridized carbons (Fsp3) is 0.387. The number of carbonyl (C=O) groups is 5. The third-order valence-corrected chi connectivity index (χ3v) is 7.59. The van der Waals surface area contributed by atoms with E-state index in [0.717, 1.165) is 10.9 Å². The summed E-state index contributed by atoms with van der Waals surface area (Å²) in [5.41, 5.74) is 13.4. The molecule has 1 heterocycles. The summed E-state index contributed by atoms with van der Waals surface area (Å²) in [4.78, 5) is 66.7. The Kier molecular flexibility index (Phi) is 11.9. The van der Waals surface area contributed by atoms with Crippen LogP contribution >= 0.6 is 0 Å². The fourth-order valence-electron chi connectivity index (χ4n) is 4.68. The molecular weight excluding hydrogens is 568 g/mol. The monoisotopic (exact) mass is 608 g/mol. The summed E-state index contributed by atoms with van der Waals surface area (Å²) in [6.07, 6.45) is 1.82. The molecular formula is C31H40N6O7. The summed E-state index contributed by atoms with van der Waals surface area (Å²) in [7, 11) is 0. The minimum Gasteiger partial charge on any atom is -0.508 e. The van der Waals surface area contributed by atoms with Gasteiger partial charge in [0, 0.05) is 36.4 Å². The molecule has 13 nitrogen and oxygen atoms in total. The van der Waals surface area contributed by atoms with Gasteiger partial charge < -0.3 is 42.6 Å². The van der Waals surface area contributed by atoms with E-state index in [1.165, 1.54) is 12.1 Å². The molecule has 0 aliphatic rings. The van der Waals surface area contributed by atoms with Crippen LogP contribution in [0.25, 0.3) is 10.9 Å². The summed E-state index contributed by atoms with van der Waals surface area (Å²) in [6.45, 7) is 3.65.